The standard InChI is InChI=1S/C25H23BN4O2S/c1-16-28-29-24-14-27-25(22-13-20(32-2)9-12-23(22)30(16)24)18-5-10-21(11-6-18)33-15-17-3-7-19(26-31)8-4-17/h3-13,26,31H,14-15H2,1-2H3. The molecule has 33 heavy (non-hydrogen) atoms. The number of nitrogens with zero attached hydrogens (tertiary/aromatic N) is 4. The average molecular weight is 454 g/mol. The summed E-state index contributed by atoms with van der Waals surface area (Å²) >= 11 is 1.79. The van der Waals surface area contributed by atoms with Gasteiger partial charge in [0.15, 0.2) is 5.82 Å². The van der Waals surface area contributed by atoms with Crippen LogP contribution in [-0.2, 0) is 12.3 Å². The Labute approximate surface area is 197 Å². The van der Waals surface area contributed by atoms with E-state index in [1.807, 2.05) is 37.3 Å². The lowest BCUT2D eigenvalue weighted by molar-refractivity contribution is 0.414. The van der Waals surface area contributed by atoms with Crippen LogP contribution < -0.4 is 10.2 Å². The Morgan fingerprint density at radius 2 is 1.82 bits per heavy atom. The van der Waals surface area contributed by atoms with Gasteiger partial charge in [-0.2, -0.15) is 0 Å². The topological polar surface area (TPSA) is 72.5 Å². The third-order valence-electron chi connectivity index (χ3n) is 5.71. The molecule has 0 aliphatic carbocycles. The minimum absolute atomic E-state index is 0.0747. The van der Waals surface area contributed by atoms with Crippen molar-refractivity contribution in [1.29, 1.82) is 0 Å². The smallest absolute Gasteiger partial charge is 0.304 e. The number of aromatic nitrogens is 3. The SMILES string of the molecule is COc1ccc2c(c1)C(c1ccc(SCc3ccc(BO)cc3)cc1)=NCc1nnc(C)n1-2. The maximum atomic E-state index is 9.20. The van der Waals surface area contributed by atoms with Crippen molar-refractivity contribution < 1.29 is 9.76 Å². The number of hydrogen-bond donors (Lipinski definition) is 1. The molecule has 0 saturated heterocycles. The summed E-state index contributed by atoms with van der Waals surface area (Å²) in [4.78, 5) is 6.11. The molecule has 5 rings (SSSR count). The second kappa shape index (κ2) is 9.25. The van der Waals surface area contributed by atoms with Gasteiger partial charge < -0.3 is 9.76 Å². The summed E-state index contributed by atoms with van der Waals surface area (Å²) in [6.45, 7) is 2.42. The molecule has 6 nitrogen and oxygen atoms in total. The van der Waals surface area contributed by atoms with Gasteiger partial charge in [-0.25, -0.2) is 0 Å². The van der Waals surface area contributed by atoms with Crippen molar-refractivity contribution in [2.24, 2.45) is 4.99 Å². The maximum Gasteiger partial charge on any atom is 0.304 e. The molecule has 0 bridgehead atoms. The van der Waals surface area contributed by atoms with Gasteiger partial charge in [-0.05, 0) is 42.8 Å². The first-order valence-corrected chi connectivity index (χ1v) is 11.7. The van der Waals surface area contributed by atoms with Crippen LogP contribution in [0.1, 0.15) is 28.3 Å². The predicted molar refractivity (Wildman–Crippen MR) is 133 cm³/mol. The molecule has 0 unspecified atom stereocenters. The summed E-state index contributed by atoms with van der Waals surface area (Å²) in [6, 6.07) is 22.6. The summed E-state index contributed by atoms with van der Waals surface area (Å²) in [7, 11) is 1.75. The van der Waals surface area contributed by atoms with Crippen LogP contribution in [0.4, 0.5) is 0 Å². The van der Waals surface area contributed by atoms with Crippen LogP contribution in [0.25, 0.3) is 5.69 Å². The molecule has 0 saturated carbocycles. The van der Waals surface area contributed by atoms with Crippen molar-refractivity contribution in [3.05, 3.63) is 95.1 Å². The highest BCUT2D eigenvalue weighted by Gasteiger charge is 2.22. The van der Waals surface area contributed by atoms with Gasteiger partial charge in [0, 0.05) is 21.8 Å². The molecule has 3 aromatic carbocycles. The van der Waals surface area contributed by atoms with Crippen molar-refractivity contribution >= 4 is 30.4 Å². The first kappa shape index (κ1) is 21.5. The van der Waals surface area contributed by atoms with Crippen LogP contribution in [-0.4, -0.2) is 40.1 Å². The van der Waals surface area contributed by atoms with Crippen molar-refractivity contribution in [1.82, 2.24) is 14.8 Å². The molecule has 1 aromatic heterocycles. The predicted octanol–water partition coefficient (Wildman–Crippen LogP) is 3.20. The van der Waals surface area contributed by atoms with Crippen LogP contribution in [0.3, 0.4) is 0 Å². The Morgan fingerprint density at radius 1 is 1.03 bits per heavy atom. The van der Waals surface area contributed by atoms with E-state index < -0.39 is 0 Å². The van der Waals surface area contributed by atoms with Crippen molar-refractivity contribution in [2.75, 3.05) is 7.11 Å². The lowest BCUT2D eigenvalue weighted by atomic mass is 9.88. The maximum absolute atomic E-state index is 9.20. The van der Waals surface area contributed by atoms with Gasteiger partial charge >= 0.3 is 7.48 Å². The first-order valence-electron chi connectivity index (χ1n) is 10.7. The van der Waals surface area contributed by atoms with Gasteiger partial charge in [0.1, 0.15) is 18.1 Å². The van der Waals surface area contributed by atoms with E-state index in [1.54, 1.807) is 18.9 Å². The van der Waals surface area contributed by atoms with Gasteiger partial charge in [-0.15, -0.1) is 22.0 Å². The molecule has 0 atom stereocenters. The third-order valence-corrected chi connectivity index (χ3v) is 6.79. The molecule has 164 valence electrons. The van der Waals surface area contributed by atoms with Crippen molar-refractivity contribution in [3.8, 4) is 11.4 Å². The molecule has 0 spiro atoms. The fraction of sp³-hybridized carbons (Fsp3) is 0.160. The number of hydrogen-bond acceptors (Lipinski definition) is 6. The van der Waals surface area contributed by atoms with Crippen LogP contribution in [0.15, 0.2) is 76.6 Å². The number of aliphatic imine (C=N–C) groups is 1. The summed E-state index contributed by atoms with van der Waals surface area (Å²) in [5, 5.41) is 17.8. The number of aryl methyl sites for hydroxylation is 1. The highest BCUT2D eigenvalue weighted by Crippen LogP contribution is 2.30. The minimum atomic E-state index is 0.0747. The highest BCUT2D eigenvalue weighted by molar-refractivity contribution is 7.98. The van der Waals surface area contributed by atoms with Crippen LogP contribution in [0.5, 0.6) is 5.75 Å². The van der Waals surface area contributed by atoms with Crippen molar-refractivity contribution in [2.45, 2.75) is 24.1 Å². The van der Waals surface area contributed by atoms with Gasteiger partial charge in [-0.3, -0.25) is 9.56 Å². The summed E-state index contributed by atoms with van der Waals surface area (Å²) in [6.07, 6.45) is 0. The van der Waals surface area contributed by atoms with Crippen LogP contribution in [0.2, 0.25) is 0 Å². The molecule has 1 aliphatic heterocycles. The van der Waals surface area contributed by atoms with Gasteiger partial charge in [0.05, 0.1) is 18.5 Å². The normalized spacial score (nSPS) is 12.4. The van der Waals surface area contributed by atoms with Gasteiger partial charge in [-0.1, -0.05) is 41.9 Å². The molecular weight excluding hydrogens is 431 g/mol. The minimum Gasteiger partial charge on any atom is -0.497 e. The first-order chi connectivity index (χ1) is 16.2. The fourth-order valence-corrected chi connectivity index (χ4v) is 4.80. The monoisotopic (exact) mass is 454 g/mol. The van der Waals surface area contributed by atoms with E-state index in [1.165, 1.54) is 10.5 Å². The zero-order valence-electron chi connectivity index (χ0n) is 18.5. The van der Waals surface area contributed by atoms with E-state index in [0.717, 1.165) is 51.1 Å². The Kier molecular flexibility index (Phi) is 6.02. The summed E-state index contributed by atoms with van der Waals surface area (Å²) in [5.41, 5.74) is 6.15. The van der Waals surface area contributed by atoms with E-state index in [2.05, 4.69) is 51.2 Å². The van der Waals surface area contributed by atoms with E-state index in [-0.39, 0.29) is 7.48 Å². The Bertz CT molecular complexity index is 1320. The van der Waals surface area contributed by atoms with Gasteiger partial charge in [0.25, 0.3) is 0 Å². The summed E-state index contributed by atoms with van der Waals surface area (Å²) in [5.74, 6) is 3.33. The molecule has 0 amide bonds. The van der Waals surface area contributed by atoms with Crippen LogP contribution in [0, 0.1) is 6.92 Å². The highest BCUT2D eigenvalue weighted by atomic mass is 32.2. The molecule has 0 radical (unpaired) electrons. The molecule has 8 heteroatoms. The number of rotatable bonds is 6. The Hall–Kier alpha value is -3.36. The molecule has 4 aromatic rings. The van der Waals surface area contributed by atoms with Crippen molar-refractivity contribution in [3.63, 3.8) is 0 Å². The molecule has 1 aliphatic rings. The Balaban J connectivity index is 1.42. The number of thioether (sulfide) groups is 1. The quantitative estimate of drug-likeness (QED) is 0.358. The Morgan fingerprint density at radius 3 is 2.55 bits per heavy atom. The van der Waals surface area contributed by atoms with E-state index >= 15 is 0 Å². The zero-order chi connectivity index (χ0) is 22.8. The van der Waals surface area contributed by atoms with Gasteiger partial charge in [0.2, 0.25) is 0 Å². The number of fused-ring (bicyclic) bond motifs is 3. The lowest BCUT2D eigenvalue weighted by Gasteiger charge is -2.14. The molecule has 2 heterocycles. The molecular formula is C25H23BN4O2S. The zero-order valence-corrected chi connectivity index (χ0v) is 19.3. The lowest BCUT2D eigenvalue weighted by Crippen LogP contribution is -2.12. The average Bonchev–Trinajstić information content (AvgIpc) is 3.14. The molecule has 0 fully saturated rings. The van der Waals surface area contributed by atoms with Crippen LogP contribution >= 0.6 is 11.8 Å². The fourth-order valence-electron chi connectivity index (χ4n) is 3.95. The summed E-state index contributed by atoms with van der Waals surface area (Å²) < 4.78 is 7.57. The number of methoxy groups -OCH3 is 1. The largest absolute Gasteiger partial charge is 0.497 e. The third kappa shape index (κ3) is 4.32. The van der Waals surface area contributed by atoms with E-state index in [9.17, 15) is 5.02 Å². The van der Waals surface area contributed by atoms with E-state index in [4.69, 9.17) is 9.73 Å². The second-order valence-corrected chi connectivity index (χ2v) is 8.88. The van der Waals surface area contributed by atoms with E-state index in [0.29, 0.717) is 6.54 Å². The second-order valence-electron chi connectivity index (χ2n) is 7.83. The number of benzene rings is 3. The molecule has 1 N–H and O–H groups in total. The number of ether oxygens (including phenoxy) is 1.